The van der Waals surface area contributed by atoms with E-state index in [1.807, 2.05) is 24.3 Å². The van der Waals surface area contributed by atoms with Crippen molar-refractivity contribution in [3.63, 3.8) is 0 Å². The van der Waals surface area contributed by atoms with Gasteiger partial charge in [-0.2, -0.15) is 0 Å². The van der Waals surface area contributed by atoms with Crippen LogP contribution in [0.15, 0.2) is 48.5 Å². The Morgan fingerprint density at radius 1 is 1.05 bits per heavy atom. The summed E-state index contributed by atoms with van der Waals surface area (Å²) in [5.41, 5.74) is 2.21. The molecule has 2 rings (SSSR count). The Labute approximate surface area is 124 Å². The third-order valence-electron chi connectivity index (χ3n) is 3.33. The molecule has 0 aliphatic heterocycles. The molecule has 0 saturated heterocycles. The maximum Gasteiger partial charge on any atom is 0.165 e. The summed E-state index contributed by atoms with van der Waals surface area (Å²) in [7, 11) is 1.47. The minimum Gasteiger partial charge on any atom is -0.494 e. The zero-order chi connectivity index (χ0) is 14.4. The SMILES string of the molecule is COc1ccc(CC(CCl)Cc2ccccc2)cc1F. The normalized spacial score (nSPS) is 12.2. The first-order valence-corrected chi connectivity index (χ1v) is 7.18. The van der Waals surface area contributed by atoms with E-state index in [1.54, 1.807) is 6.07 Å². The van der Waals surface area contributed by atoms with E-state index in [4.69, 9.17) is 16.3 Å². The first kappa shape index (κ1) is 14.9. The average Bonchev–Trinajstić information content (AvgIpc) is 2.48. The van der Waals surface area contributed by atoms with Gasteiger partial charge in [0.05, 0.1) is 7.11 Å². The van der Waals surface area contributed by atoms with E-state index >= 15 is 0 Å². The largest absolute Gasteiger partial charge is 0.494 e. The summed E-state index contributed by atoms with van der Waals surface area (Å²) in [5.74, 6) is 0.812. The lowest BCUT2D eigenvalue weighted by atomic mass is 9.94. The van der Waals surface area contributed by atoms with E-state index in [1.165, 1.54) is 18.7 Å². The summed E-state index contributed by atoms with van der Waals surface area (Å²) in [6, 6.07) is 15.3. The Morgan fingerprint density at radius 2 is 1.75 bits per heavy atom. The molecule has 0 spiro atoms. The molecule has 0 heterocycles. The summed E-state index contributed by atoms with van der Waals surface area (Å²) in [4.78, 5) is 0. The van der Waals surface area contributed by atoms with Crippen molar-refractivity contribution < 1.29 is 9.13 Å². The van der Waals surface area contributed by atoms with E-state index in [0.717, 1.165) is 18.4 Å². The summed E-state index contributed by atoms with van der Waals surface area (Å²) < 4.78 is 18.6. The fourth-order valence-electron chi connectivity index (χ4n) is 2.30. The van der Waals surface area contributed by atoms with Gasteiger partial charge in [0.2, 0.25) is 0 Å². The predicted molar refractivity (Wildman–Crippen MR) is 81.0 cm³/mol. The Morgan fingerprint density at radius 3 is 2.35 bits per heavy atom. The highest BCUT2D eigenvalue weighted by molar-refractivity contribution is 6.18. The van der Waals surface area contributed by atoms with Gasteiger partial charge in [0.15, 0.2) is 11.6 Å². The van der Waals surface area contributed by atoms with Crippen LogP contribution in [-0.4, -0.2) is 13.0 Å². The van der Waals surface area contributed by atoms with Crippen LogP contribution in [0.5, 0.6) is 5.75 Å². The van der Waals surface area contributed by atoms with E-state index in [-0.39, 0.29) is 11.6 Å². The van der Waals surface area contributed by atoms with Crippen LogP contribution in [0.1, 0.15) is 11.1 Å². The van der Waals surface area contributed by atoms with Crippen molar-refractivity contribution in [3.05, 3.63) is 65.5 Å². The number of ether oxygens (including phenoxy) is 1. The lowest BCUT2D eigenvalue weighted by Gasteiger charge is -2.14. The molecule has 0 saturated carbocycles. The molecule has 0 amide bonds. The highest BCUT2D eigenvalue weighted by Crippen LogP contribution is 2.21. The third-order valence-corrected chi connectivity index (χ3v) is 3.76. The number of rotatable bonds is 6. The van der Waals surface area contributed by atoms with Gasteiger partial charge < -0.3 is 4.74 Å². The molecule has 2 aromatic rings. The van der Waals surface area contributed by atoms with Crippen LogP contribution in [0.4, 0.5) is 4.39 Å². The molecule has 0 aliphatic carbocycles. The Balaban J connectivity index is 2.04. The molecule has 0 fully saturated rings. The van der Waals surface area contributed by atoms with Gasteiger partial charge in [-0.3, -0.25) is 0 Å². The van der Waals surface area contributed by atoms with Gasteiger partial charge in [0.25, 0.3) is 0 Å². The molecule has 2 aromatic carbocycles. The van der Waals surface area contributed by atoms with Crippen molar-refractivity contribution in [2.24, 2.45) is 5.92 Å². The maximum atomic E-state index is 13.7. The van der Waals surface area contributed by atoms with Gasteiger partial charge >= 0.3 is 0 Å². The fraction of sp³-hybridized carbons (Fsp3) is 0.294. The van der Waals surface area contributed by atoms with Crippen molar-refractivity contribution in [3.8, 4) is 5.75 Å². The molecule has 0 bridgehead atoms. The minimum absolute atomic E-state index is 0.277. The molecule has 1 unspecified atom stereocenters. The number of benzene rings is 2. The Hall–Kier alpha value is -1.54. The van der Waals surface area contributed by atoms with Gasteiger partial charge in [0, 0.05) is 5.88 Å². The van der Waals surface area contributed by atoms with Gasteiger partial charge in [-0.25, -0.2) is 4.39 Å². The predicted octanol–water partition coefficient (Wildman–Crippen LogP) is 4.47. The molecule has 3 heteroatoms. The fourth-order valence-corrected chi connectivity index (χ4v) is 2.52. The van der Waals surface area contributed by atoms with Crippen LogP contribution in [0, 0.1) is 11.7 Å². The maximum absolute atomic E-state index is 13.7. The molecule has 0 N–H and O–H groups in total. The molecule has 0 radical (unpaired) electrons. The molecule has 20 heavy (non-hydrogen) atoms. The molecular weight excluding hydrogens is 275 g/mol. The minimum atomic E-state index is -0.321. The van der Waals surface area contributed by atoms with Crippen LogP contribution in [0.25, 0.3) is 0 Å². The number of hydrogen-bond donors (Lipinski definition) is 0. The van der Waals surface area contributed by atoms with Crippen molar-refractivity contribution in [1.29, 1.82) is 0 Å². The van der Waals surface area contributed by atoms with Crippen molar-refractivity contribution in [2.75, 3.05) is 13.0 Å². The second-order valence-electron chi connectivity index (χ2n) is 4.88. The van der Waals surface area contributed by atoms with Crippen LogP contribution in [0.2, 0.25) is 0 Å². The lowest BCUT2D eigenvalue weighted by Crippen LogP contribution is -2.10. The molecule has 1 atom stereocenters. The van der Waals surface area contributed by atoms with Crippen molar-refractivity contribution in [1.82, 2.24) is 0 Å². The van der Waals surface area contributed by atoms with Gasteiger partial charge in [-0.15, -0.1) is 11.6 Å². The Kier molecular flexibility index (Phi) is 5.42. The zero-order valence-electron chi connectivity index (χ0n) is 11.5. The topological polar surface area (TPSA) is 9.23 Å². The van der Waals surface area contributed by atoms with Crippen LogP contribution >= 0.6 is 11.6 Å². The molecule has 0 aliphatic rings. The first-order chi connectivity index (χ1) is 9.72. The number of halogens is 2. The summed E-state index contributed by atoms with van der Waals surface area (Å²) >= 11 is 6.05. The van der Waals surface area contributed by atoms with E-state index in [2.05, 4.69) is 12.1 Å². The quantitative estimate of drug-likeness (QED) is 0.714. The zero-order valence-corrected chi connectivity index (χ0v) is 12.2. The molecule has 1 nitrogen and oxygen atoms in total. The van der Waals surface area contributed by atoms with Crippen LogP contribution in [0.3, 0.4) is 0 Å². The third kappa shape index (κ3) is 3.97. The summed E-state index contributed by atoms with van der Waals surface area (Å²) in [6.07, 6.45) is 1.66. The smallest absolute Gasteiger partial charge is 0.165 e. The summed E-state index contributed by atoms with van der Waals surface area (Å²) in [6.45, 7) is 0. The molecule has 0 aromatic heterocycles. The number of alkyl halides is 1. The highest BCUT2D eigenvalue weighted by Gasteiger charge is 2.11. The van der Waals surface area contributed by atoms with Crippen LogP contribution in [-0.2, 0) is 12.8 Å². The number of hydrogen-bond acceptors (Lipinski definition) is 1. The first-order valence-electron chi connectivity index (χ1n) is 6.65. The molecule has 106 valence electrons. The van der Waals surface area contributed by atoms with E-state index in [0.29, 0.717) is 11.8 Å². The number of methoxy groups -OCH3 is 1. The van der Waals surface area contributed by atoms with Crippen molar-refractivity contribution in [2.45, 2.75) is 12.8 Å². The highest BCUT2D eigenvalue weighted by atomic mass is 35.5. The Bertz CT molecular complexity index is 542. The van der Waals surface area contributed by atoms with Gasteiger partial charge in [-0.1, -0.05) is 36.4 Å². The molecular formula is C17H18ClFO. The monoisotopic (exact) mass is 292 g/mol. The average molecular weight is 293 g/mol. The van der Waals surface area contributed by atoms with Gasteiger partial charge in [-0.05, 0) is 42.0 Å². The van der Waals surface area contributed by atoms with E-state index in [9.17, 15) is 4.39 Å². The standard InChI is InChI=1S/C17H18ClFO/c1-20-17-8-7-14(11-16(17)19)10-15(12-18)9-13-5-3-2-4-6-13/h2-8,11,15H,9-10,12H2,1H3. The second-order valence-corrected chi connectivity index (χ2v) is 5.19. The second kappa shape index (κ2) is 7.30. The summed E-state index contributed by atoms with van der Waals surface area (Å²) in [5, 5.41) is 0. The van der Waals surface area contributed by atoms with Crippen LogP contribution < -0.4 is 4.74 Å². The van der Waals surface area contributed by atoms with E-state index < -0.39 is 0 Å². The van der Waals surface area contributed by atoms with Crippen molar-refractivity contribution >= 4 is 11.6 Å². The lowest BCUT2D eigenvalue weighted by molar-refractivity contribution is 0.386. The van der Waals surface area contributed by atoms with Gasteiger partial charge in [0.1, 0.15) is 0 Å².